The second-order valence-electron chi connectivity index (χ2n) is 11.4. The number of aliphatic hydroxyl groups is 1. The lowest BCUT2D eigenvalue weighted by Gasteiger charge is -2.34. The second-order valence-corrected chi connectivity index (χ2v) is 11.4. The molecule has 5 rings (SSSR count). The van der Waals surface area contributed by atoms with Crippen molar-refractivity contribution in [1.29, 1.82) is 0 Å². The summed E-state index contributed by atoms with van der Waals surface area (Å²) in [7, 11) is 0. The Labute approximate surface area is 205 Å². The third-order valence-corrected chi connectivity index (χ3v) is 7.42. The number of hydrogen-bond acceptors (Lipinski definition) is 7. The van der Waals surface area contributed by atoms with Crippen LogP contribution in [0.3, 0.4) is 0 Å². The minimum atomic E-state index is -0.753. The van der Waals surface area contributed by atoms with E-state index in [-0.39, 0.29) is 31.3 Å². The molecule has 2 N–H and O–H groups in total. The molecule has 0 spiro atoms. The van der Waals surface area contributed by atoms with E-state index in [1.165, 1.54) is 4.90 Å². The van der Waals surface area contributed by atoms with Crippen LogP contribution >= 0.6 is 0 Å². The predicted molar refractivity (Wildman–Crippen MR) is 126 cm³/mol. The molecule has 2 aliphatic carbocycles. The Bertz CT molecular complexity index is 1080. The molecule has 190 valence electrons. The number of likely N-dealkylation sites (tertiary alicyclic amines) is 1. The fraction of sp³-hybridized carbons (Fsp3) is 0.720. The van der Waals surface area contributed by atoms with Crippen LogP contribution in [0.4, 0.5) is 0 Å². The van der Waals surface area contributed by atoms with Gasteiger partial charge in [0, 0.05) is 37.1 Å². The molecule has 1 saturated heterocycles. The van der Waals surface area contributed by atoms with Crippen LogP contribution in [0.25, 0.3) is 0 Å². The monoisotopic (exact) mass is 484 g/mol. The molecule has 3 heterocycles. The number of amides is 2. The third-order valence-electron chi connectivity index (χ3n) is 7.42. The van der Waals surface area contributed by atoms with Gasteiger partial charge in [-0.2, -0.15) is 0 Å². The fourth-order valence-electron chi connectivity index (χ4n) is 5.38. The van der Waals surface area contributed by atoms with Gasteiger partial charge in [-0.3, -0.25) is 9.59 Å². The van der Waals surface area contributed by atoms with Gasteiger partial charge in [-0.25, -0.2) is 4.68 Å². The highest BCUT2D eigenvalue weighted by Gasteiger charge is 2.45. The Kier molecular flexibility index (Phi) is 6.41. The van der Waals surface area contributed by atoms with Crippen molar-refractivity contribution in [1.82, 2.24) is 30.4 Å². The molecule has 10 nitrogen and oxygen atoms in total. The Morgan fingerprint density at radius 1 is 1.23 bits per heavy atom. The first-order chi connectivity index (χ1) is 16.7. The van der Waals surface area contributed by atoms with Crippen LogP contribution in [-0.4, -0.2) is 60.7 Å². The first kappa shape index (κ1) is 24.0. The largest absolute Gasteiger partial charge is 0.391 e. The van der Waals surface area contributed by atoms with Crippen LogP contribution < -0.4 is 5.32 Å². The van der Waals surface area contributed by atoms with Gasteiger partial charge in [0.1, 0.15) is 23.5 Å². The van der Waals surface area contributed by atoms with Gasteiger partial charge in [0.15, 0.2) is 0 Å². The fourth-order valence-corrected chi connectivity index (χ4v) is 5.38. The summed E-state index contributed by atoms with van der Waals surface area (Å²) in [5.41, 5.74) is 2.31. The lowest BCUT2D eigenvalue weighted by Crippen LogP contribution is -2.50. The van der Waals surface area contributed by atoms with Gasteiger partial charge >= 0.3 is 0 Å². The highest BCUT2D eigenvalue weighted by atomic mass is 16.5. The summed E-state index contributed by atoms with van der Waals surface area (Å²) in [6.45, 7) is 6.31. The summed E-state index contributed by atoms with van der Waals surface area (Å²) >= 11 is 0. The summed E-state index contributed by atoms with van der Waals surface area (Å²) in [6, 6.07) is -1.38. The van der Waals surface area contributed by atoms with Gasteiger partial charge in [0.2, 0.25) is 11.8 Å². The van der Waals surface area contributed by atoms with Crippen LogP contribution in [-0.2, 0) is 29.0 Å². The number of aliphatic hydroxyl groups excluding tert-OH is 1. The van der Waals surface area contributed by atoms with E-state index in [1.807, 2.05) is 27.0 Å². The highest BCUT2D eigenvalue weighted by Crippen LogP contribution is 2.40. The molecule has 1 aliphatic heterocycles. The quantitative estimate of drug-likeness (QED) is 0.602. The molecule has 2 fully saturated rings. The molecular formula is C25H36N6O4. The topological polar surface area (TPSA) is 126 Å². The van der Waals surface area contributed by atoms with E-state index in [4.69, 9.17) is 4.52 Å². The number of β-amino-alcohol motifs (C(OH)–C–C–N with tert-alkyl or cyclic N) is 1. The number of carbonyl (C=O) groups excluding carboxylic acids is 2. The zero-order valence-electron chi connectivity index (χ0n) is 20.9. The summed E-state index contributed by atoms with van der Waals surface area (Å²) in [6.07, 6.45) is 8.65. The van der Waals surface area contributed by atoms with Gasteiger partial charge in [-0.1, -0.05) is 37.6 Å². The average Bonchev–Trinajstić information content (AvgIpc) is 3.34. The Balaban J connectivity index is 1.31. The van der Waals surface area contributed by atoms with Gasteiger partial charge in [-0.15, -0.1) is 5.10 Å². The molecule has 2 aromatic heterocycles. The standard InChI is InChI=1S/C25H36N6O4/c1-25(2,3)22(31-14-19(27-29-31)15-9-10-15)24(34)30-13-16(32)11-20(30)23(33)26-12-18-17-7-5-4-6-8-21(17)35-28-18/h14-16,20,22,32H,4-13H2,1-3H3,(H,26,33)/t16-,20+,22-/m1/s1. The Hall–Kier alpha value is -2.75. The molecule has 2 amide bonds. The van der Waals surface area contributed by atoms with E-state index in [0.717, 1.165) is 67.7 Å². The van der Waals surface area contributed by atoms with Crippen molar-refractivity contribution >= 4 is 11.8 Å². The van der Waals surface area contributed by atoms with Gasteiger partial charge < -0.3 is 19.8 Å². The summed E-state index contributed by atoms with van der Waals surface area (Å²) < 4.78 is 7.16. The molecule has 3 atom stereocenters. The van der Waals surface area contributed by atoms with Crippen molar-refractivity contribution in [3.63, 3.8) is 0 Å². The zero-order valence-corrected chi connectivity index (χ0v) is 20.9. The van der Waals surface area contributed by atoms with E-state index in [0.29, 0.717) is 5.92 Å². The first-order valence-corrected chi connectivity index (χ1v) is 12.9. The second kappa shape index (κ2) is 9.37. The molecule has 0 unspecified atom stereocenters. The minimum Gasteiger partial charge on any atom is -0.391 e. The minimum absolute atomic E-state index is 0.118. The zero-order chi connectivity index (χ0) is 24.7. The molecule has 3 aliphatic rings. The average molecular weight is 485 g/mol. The number of aryl methyl sites for hydroxylation is 1. The maximum absolute atomic E-state index is 13.8. The lowest BCUT2D eigenvalue weighted by molar-refractivity contribution is -0.144. The Morgan fingerprint density at radius 2 is 2.00 bits per heavy atom. The Morgan fingerprint density at radius 3 is 2.74 bits per heavy atom. The summed E-state index contributed by atoms with van der Waals surface area (Å²) in [5, 5.41) is 26.1. The summed E-state index contributed by atoms with van der Waals surface area (Å²) in [5.74, 6) is 0.839. The van der Waals surface area contributed by atoms with Gasteiger partial charge in [0.05, 0.1) is 18.3 Å². The molecule has 0 aromatic carbocycles. The van der Waals surface area contributed by atoms with Crippen LogP contribution in [0.15, 0.2) is 10.7 Å². The van der Waals surface area contributed by atoms with Crippen molar-refractivity contribution in [2.75, 3.05) is 6.54 Å². The SMILES string of the molecule is CC(C)(C)[C@@H](C(=O)N1C[C@H](O)C[C@H]1C(=O)NCc1noc2c1CCCCC2)n1cc(C2CC2)nn1. The molecular weight excluding hydrogens is 448 g/mol. The first-order valence-electron chi connectivity index (χ1n) is 12.9. The van der Waals surface area contributed by atoms with Crippen molar-refractivity contribution in [3.8, 4) is 0 Å². The maximum atomic E-state index is 13.8. The number of nitrogens with one attached hydrogen (secondary N) is 1. The van der Waals surface area contributed by atoms with Crippen LogP contribution in [0, 0.1) is 5.41 Å². The van der Waals surface area contributed by atoms with Crippen molar-refractivity contribution in [3.05, 3.63) is 28.9 Å². The van der Waals surface area contributed by atoms with Crippen LogP contribution in [0.5, 0.6) is 0 Å². The smallest absolute Gasteiger partial charge is 0.248 e. The van der Waals surface area contributed by atoms with Crippen molar-refractivity contribution < 1.29 is 19.2 Å². The van der Waals surface area contributed by atoms with E-state index < -0.39 is 23.6 Å². The molecule has 2 aromatic rings. The normalized spacial score (nSPS) is 23.6. The van der Waals surface area contributed by atoms with Crippen LogP contribution in [0.2, 0.25) is 0 Å². The van der Waals surface area contributed by atoms with Crippen molar-refractivity contribution in [2.45, 2.75) is 103 Å². The maximum Gasteiger partial charge on any atom is 0.248 e. The number of nitrogens with zero attached hydrogens (tertiary/aromatic N) is 5. The highest BCUT2D eigenvalue weighted by molar-refractivity contribution is 5.90. The summed E-state index contributed by atoms with van der Waals surface area (Å²) in [4.78, 5) is 28.6. The van der Waals surface area contributed by atoms with E-state index in [9.17, 15) is 14.7 Å². The third kappa shape index (κ3) is 4.98. The number of rotatable bonds is 6. The molecule has 0 bridgehead atoms. The van der Waals surface area contributed by atoms with Gasteiger partial charge in [0.25, 0.3) is 0 Å². The van der Waals surface area contributed by atoms with E-state index >= 15 is 0 Å². The van der Waals surface area contributed by atoms with E-state index in [2.05, 4.69) is 20.8 Å². The lowest BCUT2D eigenvalue weighted by atomic mass is 9.85. The van der Waals surface area contributed by atoms with Crippen molar-refractivity contribution in [2.24, 2.45) is 5.41 Å². The number of hydrogen-bond donors (Lipinski definition) is 2. The van der Waals surface area contributed by atoms with Crippen LogP contribution in [0.1, 0.15) is 94.0 Å². The number of fused-ring (bicyclic) bond motifs is 1. The number of aromatic nitrogens is 4. The molecule has 0 radical (unpaired) electrons. The van der Waals surface area contributed by atoms with Gasteiger partial charge in [-0.05, 0) is 37.5 Å². The van der Waals surface area contributed by atoms with E-state index in [1.54, 1.807) is 4.68 Å². The molecule has 10 heteroatoms. The molecule has 35 heavy (non-hydrogen) atoms. The molecule has 1 saturated carbocycles. The predicted octanol–water partition coefficient (Wildman–Crippen LogP) is 2.28. The number of carbonyl (C=O) groups is 2.